The second-order valence-corrected chi connectivity index (χ2v) is 2.96. The summed E-state index contributed by atoms with van der Waals surface area (Å²) in [4.78, 5) is 3.96. The lowest BCUT2D eigenvalue weighted by molar-refractivity contribution is 0.740. The van der Waals surface area contributed by atoms with Crippen molar-refractivity contribution < 1.29 is 0 Å². The van der Waals surface area contributed by atoms with Crippen LogP contribution in [0.5, 0.6) is 0 Å². The van der Waals surface area contributed by atoms with Crippen LogP contribution in [0.3, 0.4) is 0 Å². The van der Waals surface area contributed by atoms with Crippen molar-refractivity contribution in [1.82, 2.24) is 15.6 Å². The Kier molecular flexibility index (Phi) is 3.58. The Morgan fingerprint density at radius 3 is 2.92 bits per heavy atom. The molecule has 0 bridgehead atoms. The lowest BCUT2D eigenvalue weighted by Gasteiger charge is -2.07. The number of nitrogens with one attached hydrogen (secondary N) is 2. The monoisotopic (exact) mass is 197 g/mol. The lowest BCUT2D eigenvalue weighted by atomic mass is 10.3. The van der Waals surface area contributed by atoms with E-state index in [-0.39, 0.29) is 0 Å². The number of pyridine rings is 1. The third-order valence-corrected chi connectivity index (χ3v) is 1.82. The summed E-state index contributed by atoms with van der Waals surface area (Å²) in [5.74, 6) is 0.787. The standard InChI is InChI=1S/C9H12ClN3/c1-7(11-2)12-5-8-3-4-9(10)13-6-8/h3-4,6,11-12H,1,5H2,2H3. The van der Waals surface area contributed by atoms with Gasteiger partial charge in [-0.25, -0.2) is 4.98 Å². The average molecular weight is 198 g/mol. The van der Waals surface area contributed by atoms with E-state index < -0.39 is 0 Å². The molecule has 0 amide bonds. The first-order valence-corrected chi connectivity index (χ1v) is 4.31. The fourth-order valence-electron chi connectivity index (χ4n) is 0.808. The van der Waals surface area contributed by atoms with E-state index in [0.29, 0.717) is 11.7 Å². The minimum atomic E-state index is 0.510. The second kappa shape index (κ2) is 4.72. The van der Waals surface area contributed by atoms with Crippen molar-refractivity contribution in [2.24, 2.45) is 0 Å². The van der Waals surface area contributed by atoms with Gasteiger partial charge in [-0.2, -0.15) is 0 Å². The number of halogens is 1. The predicted molar refractivity (Wildman–Crippen MR) is 54.3 cm³/mol. The molecule has 1 aromatic heterocycles. The number of hydrogen-bond donors (Lipinski definition) is 2. The molecule has 0 aromatic carbocycles. The molecule has 0 aliphatic carbocycles. The molecular weight excluding hydrogens is 186 g/mol. The third-order valence-electron chi connectivity index (χ3n) is 1.60. The van der Waals surface area contributed by atoms with E-state index in [9.17, 15) is 0 Å². The summed E-state index contributed by atoms with van der Waals surface area (Å²) in [6.45, 7) is 4.44. The molecule has 0 spiro atoms. The van der Waals surface area contributed by atoms with Crippen molar-refractivity contribution in [3.8, 4) is 0 Å². The van der Waals surface area contributed by atoms with Crippen LogP contribution in [0.15, 0.2) is 30.7 Å². The van der Waals surface area contributed by atoms with Crippen molar-refractivity contribution in [1.29, 1.82) is 0 Å². The molecule has 4 heteroatoms. The molecule has 1 rings (SSSR count). The van der Waals surface area contributed by atoms with Gasteiger partial charge >= 0.3 is 0 Å². The zero-order chi connectivity index (χ0) is 9.68. The van der Waals surface area contributed by atoms with E-state index in [1.807, 2.05) is 13.1 Å². The zero-order valence-electron chi connectivity index (χ0n) is 7.47. The number of aromatic nitrogens is 1. The average Bonchev–Trinajstić information content (AvgIpc) is 2.16. The van der Waals surface area contributed by atoms with Gasteiger partial charge in [0.1, 0.15) is 5.15 Å². The minimum absolute atomic E-state index is 0.510. The molecule has 0 saturated carbocycles. The molecule has 13 heavy (non-hydrogen) atoms. The molecule has 0 fully saturated rings. The molecule has 70 valence electrons. The maximum Gasteiger partial charge on any atom is 0.129 e. The summed E-state index contributed by atoms with van der Waals surface area (Å²) in [7, 11) is 1.81. The molecule has 0 saturated heterocycles. The van der Waals surface area contributed by atoms with Crippen molar-refractivity contribution in [2.75, 3.05) is 7.05 Å². The van der Waals surface area contributed by atoms with Crippen molar-refractivity contribution in [2.45, 2.75) is 6.54 Å². The number of nitrogens with zero attached hydrogens (tertiary/aromatic N) is 1. The Morgan fingerprint density at radius 1 is 1.62 bits per heavy atom. The van der Waals surface area contributed by atoms with Crippen LogP contribution in [0.2, 0.25) is 5.15 Å². The van der Waals surface area contributed by atoms with Gasteiger partial charge in [0.2, 0.25) is 0 Å². The fraction of sp³-hybridized carbons (Fsp3) is 0.222. The maximum atomic E-state index is 5.64. The van der Waals surface area contributed by atoms with E-state index in [4.69, 9.17) is 11.6 Å². The van der Waals surface area contributed by atoms with Crippen LogP contribution in [0.4, 0.5) is 0 Å². The molecule has 0 aliphatic heterocycles. The Hall–Kier alpha value is -1.22. The highest BCUT2D eigenvalue weighted by atomic mass is 35.5. The van der Waals surface area contributed by atoms with Gasteiger partial charge in [-0.15, -0.1) is 0 Å². The maximum absolute atomic E-state index is 5.64. The van der Waals surface area contributed by atoms with E-state index in [0.717, 1.165) is 11.4 Å². The highest BCUT2D eigenvalue weighted by Gasteiger charge is 1.93. The summed E-state index contributed by atoms with van der Waals surface area (Å²) in [5.41, 5.74) is 1.07. The summed E-state index contributed by atoms with van der Waals surface area (Å²) in [6, 6.07) is 3.69. The first kappa shape index (κ1) is 9.86. The Labute approximate surface area is 82.8 Å². The van der Waals surface area contributed by atoms with Crippen LogP contribution in [0, 0.1) is 0 Å². The van der Waals surface area contributed by atoms with Gasteiger partial charge in [-0.05, 0) is 11.6 Å². The molecule has 1 aromatic rings. The number of hydrogen-bond acceptors (Lipinski definition) is 3. The zero-order valence-corrected chi connectivity index (χ0v) is 8.23. The first-order chi connectivity index (χ1) is 6.22. The SMILES string of the molecule is C=C(NC)NCc1ccc(Cl)nc1. The van der Waals surface area contributed by atoms with E-state index in [1.54, 1.807) is 12.3 Å². The molecular formula is C9H12ClN3. The quantitative estimate of drug-likeness (QED) is 0.719. The molecule has 0 aliphatic rings. The largest absolute Gasteiger partial charge is 0.375 e. The van der Waals surface area contributed by atoms with Gasteiger partial charge in [0.15, 0.2) is 0 Å². The van der Waals surface area contributed by atoms with Gasteiger partial charge in [0.05, 0.1) is 5.82 Å². The van der Waals surface area contributed by atoms with E-state index >= 15 is 0 Å². The second-order valence-electron chi connectivity index (χ2n) is 2.57. The van der Waals surface area contributed by atoms with Crippen molar-refractivity contribution in [3.05, 3.63) is 41.4 Å². The third kappa shape index (κ3) is 3.34. The van der Waals surface area contributed by atoms with E-state index in [2.05, 4.69) is 22.2 Å². The normalized spacial score (nSPS) is 9.38. The van der Waals surface area contributed by atoms with E-state index in [1.165, 1.54) is 0 Å². The highest BCUT2D eigenvalue weighted by molar-refractivity contribution is 6.29. The van der Waals surface area contributed by atoms with Crippen LogP contribution < -0.4 is 10.6 Å². The van der Waals surface area contributed by atoms with Crippen LogP contribution in [-0.4, -0.2) is 12.0 Å². The summed E-state index contributed by atoms with van der Waals surface area (Å²) in [5, 5.41) is 6.48. The van der Waals surface area contributed by atoms with Crippen LogP contribution in [0.25, 0.3) is 0 Å². The molecule has 0 unspecified atom stereocenters. The summed E-state index contributed by atoms with van der Waals surface area (Å²) in [6.07, 6.45) is 1.73. The van der Waals surface area contributed by atoms with Crippen LogP contribution >= 0.6 is 11.6 Å². The van der Waals surface area contributed by atoms with Crippen molar-refractivity contribution >= 4 is 11.6 Å². The molecule has 0 atom stereocenters. The lowest BCUT2D eigenvalue weighted by Crippen LogP contribution is -2.21. The smallest absolute Gasteiger partial charge is 0.129 e. The first-order valence-electron chi connectivity index (χ1n) is 3.93. The predicted octanol–water partition coefficient (Wildman–Crippen LogP) is 1.52. The highest BCUT2D eigenvalue weighted by Crippen LogP contribution is 2.04. The van der Waals surface area contributed by atoms with Gasteiger partial charge in [-0.3, -0.25) is 0 Å². The summed E-state index contributed by atoms with van der Waals surface area (Å²) >= 11 is 5.64. The fourth-order valence-corrected chi connectivity index (χ4v) is 0.920. The Bertz CT molecular complexity index is 281. The molecule has 0 radical (unpaired) electrons. The van der Waals surface area contributed by atoms with Crippen molar-refractivity contribution in [3.63, 3.8) is 0 Å². The van der Waals surface area contributed by atoms with Gasteiger partial charge < -0.3 is 10.6 Å². The van der Waals surface area contributed by atoms with Crippen LogP contribution in [0.1, 0.15) is 5.56 Å². The Balaban J connectivity index is 2.46. The van der Waals surface area contributed by atoms with Crippen LogP contribution in [-0.2, 0) is 6.54 Å². The van der Waals surface area contributed by atoms with Gasteiger partial charge in [0.25, 0.3) is 0 Å². The number of rotatable bonds is 4. The molecule has 1 heterocycles. The van der Waals surface area contributed by atoms with Gasteiger partial charge in [-0.1, -0.05) is 24.2 Å². The minimum Gasteiger partial charge on any atom is -0.375 e. The molecule has 3 nitrogen and oxygen atoms in total. The molecule has 2 N–H and O–H groups in total. The van der Waals surface area contributed by atoms with Gasteiger partial charge in [0, 0.05) is 19.8 Å². The Morgan fingerprint density at radius 2 is 2.38 bits per heavy atom. The topological polar surface area (TPSA) is 37.0 Å². The summed E-state index contributed by atoms with van der Waals surface area (Å²) < 4.78 is 0.